The average Bonchev–Trinajstić information content (AvgIpc) is 2.35. The van der Waals surface area contributed by atoms with Gasteiger partial charge in [0.25, 0.3) is 0 Å². The molecule has 2 aromatic carbocycles. The summed E-state index contributed by atoms with van der Waals surface area (Å²) in [5.41, 5.74) is 7.17. The van der Waals surface area contributed by atoms with Crippen LogP contribution in [0.25, 0.3) is 0 Å². The molecule has 0 saturated heterocycles. The minimum Gasteiger partial charge on any atom is -0.488 e. The second-order valence-corrected chi connectivity index (χ2v) is 5.45. The largest absolute Gasteiger partial charge is 0.488 e. The second-order valence-electron chi connectivity index (χ2n) is 4.54. The van der Waals surface area contributed by atoms with Crippen molar-refractivity contribution in [2.45, 2.75) is 19.6 Å². The molecule has 0 aliphatic heterocycles. The summed E-state index contributed by atoms with van der Waals surface area (Å²) in [6.45, 7) is 1.93. The number of benzene rings is 2. The van der Waals surface area contributed by atoms with E-state index in [2.05, 4.69) is 15.9 Å². The number of hydrogen-bond acceptors (Lipinski definition) is 2. The minimum atomic E-state index is -0.398. The van der Waals surface area contributed by atoms with Gasteiger partial charge in [-0.15, -0.1) is 0 Å². The topological polar surface area (TPSA) is 35.2 Å². The van der Waals surface area contributed by atoms with Gasteiger partial charge in [-0.05, 0) is 36.8 Å². The normalized spacial score (nSPS) is 12.2. The van der Waals surface area contributed by atoms with Crippen LogP contribution in [0.4, 0.5) is 8.78 Å². The van der Waals surface area contributed by atoms with Gasteiger partial charge < -0.3 is 10.5 Å². The third-order valence-electron chi connectivity index (χ3n) is 2.78. The molecule has 5 heteroatoms. The van der Waals surface area contributed by atoms with Crippen molar-refractivity contribution in [3.8, 4) is 5.75 Å². The van der Waals surface area contributed by atoms with E-state index in [4.69, 9.17) is 10.5 Å². The van der Waals surface area contributed by atoms with Gasteiger partial charge in [0, 0.05) is 22.1 Å². The Balaban J connectivity index is 2.20. The van der Waals surface area contributed by atoms with Crippen molar-refractivity contribution in [3.05, 3.63) is 63.6 Å². The molecule has 2 N–H and O–H groups in total. The van der Waals surface area contributed by atoms with Crippen molar-refractivity contribution in [2.24, 2.45) is 5.73 Å². The first kappa shape index (κ1) is 14.9. The van der Waals surface area contributed by atoms with E-state index in [9.17, 15) is 8.78 Å². The molecule has 0 unspecified atom stereocenters. The lowest BCUT2D eigenvalue weighted by Crippen LogP contribution is -2.08. The molecule has 0 aliphatic rings. The highest BCUT2D eigenvalue weighted by atomic mass is 79.9. The summed E-state index contributed by atoms with van der Waals surface area (Å²) in [7, 11) is 0. The maximum Gasteiger partial charge on any atom is 0.127 e. The first-order valence-electron chi connectivity index (χ1n) is 6.08. The fraction of sp³-hybridized carbons (Fsp3) is 0.200. The van der Waals surface area contributed by atoms with Crippen LogP contribution in [0.3, 0.4) is 0 Å². The Morgan fingerprint density at radius 3 is 2.55 bits per heavy atom. The number of hydrogen-bond donors (Lipinski definition) is 1. The predicted molar refractivity (Wildman–Crippen MR) is 77.4 cm³/mol. The zero-order valence-electron chi connectivity index (χ0n) is 10.9. The molecular weight excluding hydrogens is 328 g/mol. The fourth-order valence-electron chi connectivity index (χ4n) is 1.86. The van der Waals surface area contributed by atoms with Gasteiger partial charge in [-0.25, -0.2) is 8.78 Å². The summed E-state index contributed by atoms with van der Waals surface area (Å²) in [5, 5.41) is 0. The first-order chi connectivity index (χ1) is 9.45. The van der Waals surface area contributed by atoms with Crippen LogP contribution in [-0.4, -0.2) is 0 Å². The maximum absolute atomic E-state index is 13.3. The summed E-state index contributed by atoms with van der Waals surface area (Å²) in [4.78, 5) is 0. The molecule has 0 bridgehead atoms. The number of nitrogens with two attached hydrogens (primary N) is 1. The summed E-state index contributed by atoms with van der Waals surface area (Å²) in [5.74, 6) is -0.380. The molecule has 2 aromatic rings. The van der Waals surface area contributed by atoms with Crippen molar-refractivity contribution >= 4 is 15.9 Å². The second kappa shape index (κ2) is 6.33. The molecular formula is C15H14BrF2NO. The minimum absolute atomic E-state index is 0.138. The molecule has 0 heterocycles. The summed E-state index contributed by atoms with van der Waals surface area (Å²) >= 11 is 3.21. The highest BCUT2D eigenvalue weighted by molar-refractivity contribution is 9.10. The van der Waals surface area contributed by atoms with E-state index in [1.54, 1.807) is 19.1 Å². The van der Waals surface area contributed by atoms with Crippen LogP contribution in [0, 0.1) is 11.6 Å². The highest BCUT2D eigenvalue weighted by Gasteiger charge is 2.10. The molecule has 20 heavy (non-hydrogen) atoms. The number of rotatable bonds is 4. The lowest BCUT2D eigenvalue weighted by Gasteiger charge is -2.14. The van der Waals surface area contributed by atoms with E-state index in [-0.39, 0.29) is 18.5 Å². The van der Waals surface area contributed by atoms with Crippen LogP contribution in [-0.2, 0) is 6.61 Å². The van der Waals surface area contributed by atoms with E-state index in [1.807, 2.05) is 0 Å². The Kier molecular flexibility index (Phi) is 4.73. The lowest BCUT2D eigenvalue weighted by atomic mass is 10.1. The molecule has 0 saturated carbocycles. The molecule has 2 rings (SSSR count). The Morgan fingerprint density at radius 1 is 1.15 bits per heavy atom. The average molecular weight is 342 g/mol. The summed E-state index contributed by atoms with van der Waals surface area (Å²) in [6.07, 6.45) is 0. The van der Waals surface area contributed by atoms with E-state index >= 15 is 0 Å². The predicted octanol–water partition coefficient (Wildman–Crippen LogP) is 4.33. The molecule has 0 spiro atoms. The van der Waals surface area contributed by atoms with Gasteiger partial charge in [-0.2, -0.15) is 0 Å². The SMILES string of the molecule is C[C@@H](N)c1ccc(F)cc1OCc1cc(F)cc(Br)c1. The maximum atomic E-state index is 13.3. The molecule has 0 amide bonds. The molecule has 106 valence electrons. The monoisotopic (exact) mass is 341 g/mol. The van der Waals surface area contributed by atoms with Crippen molar-refractivity contribution in [3.63, 3.8) is 0 Å². The molecule has 0 radical (unpaired) electrons. The van der Waals surface area contributed by atoms with Gasteiger partial charge in [0.05, 0.1) is 0 Å². The molecule has 0 fully saturated rings. The van der Waals surface area contributed by atoms with Crippen LogP contribution in [0.15, 0.2) is 40.9 Å². The van der Waals surface area contributed by atoms with Crippen LogP contribution in [0.5, 0.6) is 5.75 Å². The number of ether oxygens (including phenoxy) is 1. The van der Waals surface area contributed by atoms with Gasteiger partial charge in [-0.3, -0.25) is 0 Å². The molecule has 2 nitrogen and oxygen atoms in total. The third-order valence-corrected chi connectivity index (χ3v) is 3.24. The standard InChI is InChI=1S/C15H14BrF2NO/c1-9(19)14-3-2-12(17)7-15(14)20-8-10-4-11(16)6-13(18)5-10/h2-7,9H,8,19H2,1H3/t9-/m1/s1. The Labute approximate surface area is 124 Å². The molecule has 0 aliphatic carbocycles. The van der Waals surface area contributed by atoms with Gasteiger partial charge in [0.15, 0.2) is 0 Å². The van der Waals surface area contributed by atoms with Gasteiger partial charge in [-0.1, -0.05) is 22.0 Å². The zero-order valence-corrected chi connectivity index (χ0v) is 12.5. The van der Waals surface area contributed by atoms with Crippen molar-refractivity contribution in [2.75, 3.05) is 0 Å². The summed E-state index contributed by atoms with van der Waals surface area (Å²) in [6, 6.07) is 8.42. The molecule has 1 atom stereocenters. The summed E-state index contributed by atoms with van der Waals surface area (Å²) < 4.78 is 32.7. The Morgan fingerprint density at radius 2 is 1.90 bits per heavy atom. The van der Waals surface area contributed by atoms with Gasteiger partial charge >= 0.3 is 0 Å². The van der Waals surface area contributed by atoms with E-state index < -0.39 is 5.82 Å². The molecule has 0 aromatic heterocycles. The van der Waals surface area contributed by atoms with Crippen molar-refractivity contribution < 1.29 is 13.5 Å². The van der Waals surface area contributed by atoms with Crippen LogP contribution < -0.4 is 10.5 Å². The van der Waals surface area contributed by atoms with E-state index in [0.29, 0.717) is 21.3 Å². The Hall–Kier alpha value is -1.46. The zero-order chi connectivity index (χ0) is 14.7. The van der Waals surface area contributed by atoms with Gasteiger partial charge in [0.2, 0.25) is 0 Å². The lowest BCUT2D eigenvalue weighted by molar-refractivity contribution is 0.299. The van der Waals surface area contributed by atoms with Crippen molar-refractivity contribution in [1.29, 1.82) is 0 Å². The van der Waals surface area contributed by atoms with Crippen LogP contribution >= 0.6 is 15.9 Å². The fourth-order valence-corrected chi connectivity index (χ4v) is 2.38. The highest BCUT2D eigenvalue weighted by Crippen LogP contribution is 2.26. The van der Waals surface area contributed by atoms with E-state index in [0.717, 1.165) is 0 Å². The Bertz CT molecular complexity index is 597. The van der Waals surface area contributed by atoms with Gasteiger partial charge in [0.1, 0.15) is 24.0 Å². The van der Waals surface area contributed by atoms with Crippen LogP contribution in [0.2, 0.25) is 0 Å². The van der Waals surface area contributed by atoms with Crippen LogP contribution in [0.1, 0.15) is 24.1 Å². The first-order valence-corrected chi connectivity index (χ1v) is 6.88. The quantitative estimate of drug-likeness (QED) is 0.898. The van der Waals surface area contributed by atoms with E-state index in [1.165, 1.54) is 24.3 Å². The smallest absolute Gasteiger partial charge is 0.127 e. The number of halogens is 3. The third kappa shape index (κ3) is 3.77. The van der Waals surface area contributed by atoms with Crippen molar-refractivity contribution in [1.82, 2.24) is 0 Å².